The summed E-state index contributed by atoms with van der Waals surface area (Å²) in [5, 5.41) is 4.54. The predicted molar refractivity (Wildman–Crippen MR) is 85.6 cm³/mol. The maximum absolute atomic E-state index is 11.7. The van der Waals surface area contributed by atoms with E-state index in [2.05, 4.69) is 10.2 Å². The van der Waals surface area contributed by atoms with Crippen molar-refractivity contribution < 1.29 is 4.79 Å². The molecule has 1 aliphatic heterocycles. The Hall–Kier alpha value is -0.770. The highest BCUT2D eigenvalue weighted by molar-refractivity contribution is 6.35. The quantitative estimate of drug-likeness (QED) is 0.900. The van der Waals surface area contributed by atoms with Gasteiger partial charge in [-0.3, -0.25) is 9.69 Å². The zero-order chi connectivity index (χ0) is 14.8. The topological polar surface area (TPSA) is 32.3 Å². The third-order valence-corrected chi connectivity index (χ3v) is 5.03. The largest absolute Gasteiger partial charge is 0.356 e. The first-order chi connectivity index (χ1) is 10.1. The maximum Gasteiger partial charge on any atom is 0.223 e. The summed E-state index contributed by atoms with van der Waals surface area (Å²) in [6, 6.07) is 5.63. The zero-order valence-corrected chi connectivity index (χ0v) is 13.5. The summed E-state index contributed by atoms with van der Waals surface area (Å²) in [6.45, 7) is 3.60. The average molecular weight is 327 g/mol. The fourth-order valence-electron chi connectivity index (χ4n) is 2.86. The summed E-state index contributed by atoms with van der Waals surface area (Å²) in [7, 11) is 0. The second-order valence-electron chi connectivity index (χ2n) is 6.11. The van der Waals surface area contributed by atoms with E-state index < -0.39 is 0 Å². The van der Waals surface area contributed by atoms with Gasteiger partial charge in [0.25, 0.3) is 0 Å². The van der Waals surface area contributed by atoms with E-state index in [0.717, 1.165) is 61.1 Å². The lowest BCUT2D eigenvalue weighted by molar-refractivity contribution is -0.122. The van der Waals surface area contributed by atoms with Crippen LogP contribution in [0, 0.1) is 11.8 Å². The molecular formula is C16H20Cl2N2O. The number of benzene rings is 1. The van der Waals surface area contributed by atoms with Gasteiger partial charge in [-0.05, 0) is 43.9 Å². The second-order valence-corrected chi connectivity index (χ2v) is 6.92. The van der Waals surface area contributed by atoms with Gasteiger partial charge in [0.1, 0.15) is 0 Å². The lowest BCUT2D eigenvalue weighted by Gasteiger charge is -2.18. The number of amides is 1. The van der Waals surface area contributed by atoms with Gasteiger partial charge < -0.3 is 5.32 Å². The summed E-state index contributed by atoms with van der Waals surface area (Å²) < 4.78 is 0. The normalized spacial score (nSPS) is 22.5. The molecule has 0 radical (unpaired) electrons. The van der Waals surface area contributed by atoms with E-state index in [-0.39, 0.29) is 5.91 Å². The smallest absolute Gasteiger partial charge is 0.223 e. The van der Waals surface area contributed by atoms with Gasteiger partial charge in [-0.25, -0.2) is 0 Å². The Morgan fingerprint density at radius 1 is 1.24 bits per heavy atom. The van der Waals surface area contributed by atoms with Crippen molar-refractivity contribution in [3.05, 3.63) is 33.8 Å². The highest BCUT2D eigenvalue weighted by Crippen LogP contribution is 2.30. The van der Waals surface area contributed by atoms with Crippen molar-refractivity contribution in [1.29, 1.82) is 0 Å². The van der Waals surface area contributed by atoms with Crippen molar-refractivity contribution in [3.63, 3.8) is 0 Å². The molecule has 0 aromatic heterocycles. The third kappa shape index (κ3) is 3.91. The molecule has 0 spiro atoms. The number of nitrogens with zero attached hydrogens (tertiary/aromatic N) is 1. The average Bonchev–Trinajstić information content (AvgIpc) is 3.21. The van der Waals surface area contributed by atoms with Gasteiger partial charge in [0.2, 0.25) is 5.91 Å². The molecule has 2 fully saturated rings. The van der Waals surface area contributed by atoms with E-state index >= 15 is 0 Å². The second kappa shape index (κ2) is 6.55. The molecule has 3 rings (SSSR count). The minimum atomic E-state index is 0.239. The van der Waals surface area contributed by atoms with Crippen LogP contribution in [0.3, 0.4) is 0 Å². The summed E-state index contributed by atoms with van der Waals surface area (Å²) in [5.74, 6) is 1.07. The van der Waals surface area contributed by atoms with Crippen LogP contribution >= 0.6 is 23.2 Å². The Kier molecular flexibility index (Phi) is 4.72. The Bertz CT molecular complexity index is 511. The lowest BCUT2D eigenvalue weighted by Crippen LogP contribution is -2.31. The molecular weight excluding hydrogens is 307 g/mol. The van der Waals surface area contributed by atoms with Crippen LogP contribution in [0.15, 0.2) is 18.2 Å². The zero-order valence-electron chi connectivity index (χ0n) is 11.9. The molecule has 1 saturated heterocycles. The van der Waals surface area contributed by atoms with Gasteiger partial charge in [-0.15, -0.1) is 0 Å². The molecule has 114 valence electrons. The number of rotatable bonds is 5. The van der Waals surface area contributed by atoms with Crippen molar-refractivity contribution in [2.24, 2.45) is 11.8 Å². The number of likely N-dealkylation sites (tertiary alicyclic amines) is 1. The third-order valence-electron chi connectivity index (χ3n) is 4.33. The summed E-state index contributed by atoms with van der Waals surface area (Å²) in [5.41, 5.74) is 1.00. The standard InChI is InChI=1S/C16H20Cl2N2O/c17-14-2-1-3-15(18)13(14)10-20-7-6-11(9-20)8-19-16(21)12-4-5-12/h1-3,11-12H,4-10H2,(H,19,21). The molecule has 1 unspecified atom stereocenters. The van der Waals surface area contributed by atoms with Gasteiger partial charge in [0.05, 0.1) is 0 Å². The minimum absolute atomic E-state index is 0.239. The van der Waals surface area contributed by atoms with Crippen molar-refractivity contribution in [2.45, 2.75) is 25.8 Å². The molecule has 1 atom stereocenters. The van der Waals surface area contributed by atoms with Gasteiger partial charge in [-0.2, -0.15) is 0 Å². The summed E-state index contributed by atoms with van der Waals surface area (Å²) in [4.78, 5) is 14.0. The van der Waals surface area contributed by atoms with Gasteiger partial charge in [0.15, 0.2) is 0 Å². The van der Waals surface area contributed by atoms with E-state index in [1.165, 1.54) is 0 Å². The highest BCUT2D eigenvalue weighted by Gasteiger charge is 2.30. The van der Waals surface area contributed by atoms with Crippen LogP contribution in [-0.2, 0) is 11.3 Å². The fourth-order valence-corrected chi connectivity index (χ4v) is 3.38. The van der Waals surface area contributed by atoms with Crippen LogP contribution in [0.2, 0.25) is 10.0 Å². The minimum Gasteiger partial charge on any atom is -0.356 e. The first-order valence-electron chi connectivity index (χ1n) is 7.56. The maximum atomic E-state index is 11.7. The van der Waals surface area contributed by atoms with E-state index in [1.54, 1.807) is 0 Å². The van der Waals surface area contributed by atoms with Gasteiger partial charge in [-0.1, -0.05) is 29.3 Å². The van der Waals surface area contributed by atoms with E-state index in [4.69, 9.17) is 23.2 Å². The molecule has 1 N–H and O–H groups in total. The molecule has 1 aromatic rings. The van der Waals surface area contributed by atoms with Crippen LogP contribution in [0.25, 0.3) is 0 Å². The van der Waals surface area contributed by atoms with Crippen LogP contribution < -0.4 is 5.32 Å². The molecule has 1 amide bonds. The molecule has 2 aliphatic rings. The monoisotopic (exact) mass is 326 g/mol. The highest BCUT2D eigenvalue weighted by atomic mass is 35.5. The van der Waals surface area contributed by atoms with E-state index in [1.807, 2.05) is 18.2 Å². The fraction of sp³-hybridized carbons (Fsp3) is 0.562. The lowest BCUT2D eigenvalue weighted by atomic mass is 10.1. The number of halogens is 2. The first kappa shape index (κ1) is 15.1. The van der Waals surface area contributed by atoms with Crippen molar-refractivity contribution in [3.8, 4) is 0 Å². The Labute approximate surface area is 135 Å². The van der Waals surface area contributed by atoms with Crippen molar-refractivity contribution >= 4 is 29.1 Å². The van der Waals surface area contributed by atoms with Crippen molar-refractivity contribution in [2.75, 3.05) is 19.6 Å². The van der Waals surface area contributed by atoms with Gasteiger partial charge in [0, 0.05) is 41.2 Å². The molecule has 1 heterocycles. The van der Waals surface area contributed by atoms with E-state index in [0.29, 0.717) is 11.8 Å². The molecule has 1 aromatic carbocycles. The van der Waals surface area contributed by atoms with Crippen molar-refractivity contribution in [1.82, 2.24) is 10.2 Å². The SMILES string of the molecule is O=C(NCC1CCN(Cc2c(Cl)cccc2Cl)C1)C1CC1. The predicted octanol–water partition coefficient (Wildman–Crippen LogP) is 3.34. The molecule has 21 heavy (non-hydrogen) atoms. The van der Waals surface area contributed by atoms with Crippen LogP contribution in [-0.4, -0.2) is 30.4 Å². The summed E-state index contributed by atoms with van der Waals surface area (Å²) >= 11 is 12.4. The number of nitrogens with one attached hydrogen (secondary N) is 1. The molecule has 1 saturated carbocycles. The molecule has 0 bridgehead atoms. The number of hydrogen-bond donors (Lipinski definition) is 1. The van der Waals surface area contributed by atoms with Crippen LogP contribution in [0.5, 0.6) is 0 Å². The molecule has 5 heteroatoms. The summed E-state index contributed by atoms with van der Waals surface area (Å²) in [6.07, 6.45) is 3.24. The van der Waals surface area contributed by atoms with Crippen LogP contribution in [0.1, 0.15) is 24.8 Å². The molecule has 1 aliphatic carbocycles. The Morgan fingerprint density at radius 2 is 1.95 bits per heavy atom. The van der Waals surface area contributed by atoms with Gasteiger partial charge >= 0.3 is 0 Å². The Balaban J connectivity index is 1.49. The number of carbonyl (C=O) groups excluding carboxylic acids is 1. The Morgan fingerprint density at radius 3 is 2.62 bits per heavy atom. The number of carbonyl (C=O) groups is 1. The van der Waals surface area contributed by atoms with E-state index in [9.17, 15) is 4.79 Å². The molecule has 3 nitrogen and oxygen atoms in total. The number of hydrogen-bond acceptors (Lipinski definition) is 2. The van der Waals surface area contributed by atoms with Crippen LogP contribution in [0.4, 0.5) is 0 Å². The first-order valence-corrected chi connectivity index (χ1v) is 8.32.